The Hall–Kier alpha value is -2.19. The fourth-order valence-corrected chi connectivity index (χ4v) is 3.14. The second-order valence-corrected chi connectivity index (χ2v) is 6.00. The van der Waals surface area contributed by atoms with Gasteiger partial charge in [-0.05, 0) is 6.07 Å². The number of carbonyl (C=O) groups excluding carboxylic acids is 1. The van der Waals surface area contributed by atoms with E-state index < -0.39 is 0 Å². The number of nitro benzene ring substituents is 1. The first-order valence-corrected chi connectivity index (χ1v) is 8.21. The maximum Gasteiger partial charge on any atom is 0.292 e. The Morgan fingerprint density at radius 3 is 2.42 bits per heavy atom. The van der Waals surface area contributed by atoms with E-state index in [4.69, 9.17) is 4.74 Å². The van der Waals surface area contributed by atoms with Gasteiger partial charge in [0.25, 0.3) is 5.69 Å². The first kappa shape index (κ1) is 16.7. The van der Waals surface area contributed by atoms with Gasteiger partial charge in [-0.3, -0.25) is 19.8 Å². The van der Waals surface area contributed by atoms with Crippen molar-refractivity contribution in [2.75, 3.05) is 63.9 Å². The molecule has 0 N–H and O–H groups in total. The number of nitro groups is 1. The quantitative estimate of drug-likeness (QED) is 0.592. The van der Waals surface area contributed by atoms with Crippen molar-refractivity contribution in [3.8, 4) is 0 Å². The third-order valence-electron chi connectivity index (χ3n) is 4.51. The molecule has 0 aliphatic carbocycles. The molecule has 8 heteroatoms. The summed E-state index contributed by atoms with van der Waals surface area (Å²) in [5, 5.41) is 11.2. The molecule has 2 aliphatic rings. The molecule has 8 nitrogen and oxygen atoms in total. The molecule has 1 aromatic rings. The van der Waals surface area contributed by atoms with Crippen LogP contribution in [0.3, 0.4) is 0 Å². The van der Waals surface area contributed by atoms with E-state index in [0.717, 1.165) is 13.1 Å². The van der Waals surface area contributed by atoms with Crippen LogP contribution in [0, 0.1) is 10.1 Å². The van der Waals surface area contributed by atoms with Crippen LogP contribution in [-0.4, -0.2) is 79.7 Å². The fraction of sp³-hybridized carbons (Fsp3) is 0.562. The Morgan fingerprint density at radius 1 is 1.08 bits per heavy atom. The molecule has 0 bridgehead atoms. The number of hydrogen-bond acceptors (Lipinski definition) is 6. The van der Waals surface area contributed by atoms with E-state index in [9.17, 15) is 14.9 Å². The summed E-state index contributed by atoms with van der Waals surface area (Å²) < 4.78 is 5.26. The van der Waals surface area contributed by atoms with Gasteiger partial charge in [0.15, 0.2) is 0 Å². The van der Waals surface area contributed by atoms with Crippen LogP contribution >= 0.6 is 0 Å². The van der Waals surface area contributed by atoms with Gasteiger partial charge in [-0.1, -0.05) is 12.1 Å². The predicted octanol–water partition coefficient (Wildman–Crippen LogP) is 0.576. The molecular formula is C16H22N4O4. The molecule has 0 saturated carbocycles. The number of carbonyl (C=O) groups is 1. The molecule has 0 aromatic heterocycles. The summed E-state index contributed by atoms with van der Waals surface area (Å²) in [6, 6.07) is 6.81. The topological polar surface area (TPSA) is 79.2 Å². The van der Waals surface area contributed by atoms with Crippen molar-refractivity contribution >= 4 is 17.3 Å². The molecule has 0 radical (unpaired) electrons. The molecule has 0 unspecified atom stereocenters. The van der Waals surface area contributed by atoms with Crippen LogP contribution in [0.1, 0.15) is 0 Å². The van der Waals surface area contributed by atoms with Crippen molar-refractivity contribution in [3.63, 3.8) is 0 Å². The van der Waals surface area contributed by atoms with Gasteiger partial charge in [-0.2, -0.15) is 0 Å². The highest BCUT2D eigenvalue weighted by Crippen LogP contribution is 2.28. The standard InChI is InChI=1S/C16H22N4O4/c21-16(19-9-11-24-12-10-19)13-17-5-7-18(8-6-17)14-3-1-2-4-15(14)20(22)23/h1-4H,5-13H2. The summed E-state index contributed by atoms with van der Waals surface area (Å²) in [7, 11) is 0. The third-order valence-corrected chi connectivity index (χ3v) is 4.51. The summed E-state index contributed by atoms with van der Waals surface area (Å²) in [5.41, 5.74) is 0.789. The zero-order valence-corrected chi connectivity index (χ0v) is 13.6. The molecule has 0 spiro atoms. The van der Waals surface area contributed by atoms with Crippen LogP contribution in [0.4, 0.5) is 11.4 Å². The molecule has 2 saturated heterocycles. The lowest BCUT2D eigenvalue weighted by atomic mass is 10.2. The Balaban J connectivity index is 1.54. The molecule has 2 heterocycles. The van der Waals surface area contributed by atoms with Crippen LogP contribution in [0.25, 0.3) is 0 Å². The second kappa shape index (κ2) is 7.59. The summed E-state index contributed by atoms with van der Waals surface area (Å²) in [6.45, 7) is 5.76. The molecule has 1 aromatic carbocycles. The molecule has 2 aliphatic heterocycles. The highest BCUT2D eigenvalue weighted by molar-refractivity contribution is 5.78. The number of amides is 1. The number of ether oxygens (including phenoxy) is 1. The van der Waals surface area contributed by atoms with E-state index in [1.54, 1.807) is 12.1 Å². The number of hydrogen-bond donors (Lipinski definition) is 0. The Kier molecular flexibility index (Phi) is 5.27. The average Bonchev–Trinajstić information content (AvgIpc) is 2.63. The number of para-hydroxylation sites is 2. The van der Waals surface area contributed by atoms with E-state index in [1.165, 1.54) is 6.07 Å². The molecule has 130 valence electrons. The predicted molar refractivity (Wildman–Crippen MR) is 89.1 cm³/mol. The Morgan fingerprint density at radius 2 is 1.75 bits per heavy atom. The zero-order chi connectivity index (χ0) is 16.9. The number of anilines is 1. The van der Waals surface area contributed by atoms with Crippen molar-refractivity contribution in [1.29, 1.82) is 0 Å². The molecule has 0 atom stereocenters. The highest BCUT2D eigenvalue weighted by Gasteiger charge is 2.25. The van der Waals surface area contributed by atoms with Gasteiger partial charge in [0, 0.05) is 45.3 Å². The SMILES string of the molecule is O=C(CN1CCN(c2ccccc2[N+](=O)[O-])CC1)N1CCOCC1. The molecule has 2 fully saturated rings. The van der Waals surface area contributed by atoms with Gasteiger partial charge in [-0.25, -0.2) is 0 Å². The van der Waals surface area contributed by atoms with E-state index >= 15 is 0 Å². The Labute approximate surface area is 140 Å². The minimum atomic E-state index is -0.344. The summed E-state index contributed by atoms with van der Waals surface area (Å²) >= 11 is 0. The van der Waals surface area contributed by atoms with Crippen molar-refractivity contribution in [3.05, 3.63) is 34.4 Å². The molecule has 1 amide bonds. The Bertz CT molecular complexity index is 595. The third kappa shape index (κ3) is 3.82. The number of rotatable bonds is 4. The number of piperazine rings is 1. The minimum Gasteiger partial charge on any atom is -0.378 e. The largest absolute Gasteiger partial charge is 0.378 e. The van der Waals surface area contributed by atoms with Gasteiger partial charge in [-0.15, -0.1) is 0 Å². The number of nitrogens with zero attached hydrogens (tertiary/aromatic N) is 4. The van der Waals surface area contributed by atoms with E-state index in [2.05, 4.69) is 4.90 Å². The van der Waals surface area contributed by atoms with Crippen LogP contribution in [0.5, 0.6) is 0 Å². The maximum absolute atomic E-state index is 12.3. The maximum atomic E-state index is 12.3. The van der Waals surface area contributed by atoms with Gasteiger partial charge in [0.1, 0.15) is 5.69 Å². The first-order chi connectivity index (χ1) is 11.6. The zero-order valence-electron chi connectivity index (χ0n) is 13.6. The molecule has 24 heavy (non-hydrogen) atoms. The molecule has 3 rings (SSSR count). The van der Waals surface area contributed by atoms with Gasteiger partial charge in [0.05, 0.1) is 24.7 Å². The second-order valence-electron chi connectivity index (χ2n) is 6.00. The van der Waals surface area contributed by atoms with Crippen molar-refractivity contribution in [2.24, 2.45) is 0 Å². The smallest absolute Gasteiger partial charge is 0.292 e. The van der Waals surface area contributed by atoms with Gasteiger partial charge in [0.2, 0.25) is 5.91 Å². The van der Waals surface area contributed by atoms with Crippen LogP contribution < -0.4 is 4.90 Å². The highest BCUT2D eigenvalue weighted by atomic mass is 16.6. The first-order valence-electron chi connectivity index (χ1n) is 8.21. The van der Waals surface area contributed by atoms with E-state index in [0.29, 0.717) is 51.6 Å². The van der Waals surface area contributed by atoms with E-state index in [1.807, 2.05) is 15.9 Å². The van der Waals surface area contributed by atoms with E-state index in [-0.39, 0.29) is 16.5 Å². The van der Waals surface area contributed by atoms with Gasteiger partial charge >= 0.3 is 0 Å². The summed E-state index contributed by atoms with van der Waals surface area (Å²) in [6.07, 6.45) is 0. The number of morpholine rings is 1. The van der Waals surface area contributed by atoms with Crippen LogP contribution in [0.2, 0.25) is 0 Å². The van der Waals surface area contributed by atoms with Crippen LogP contribution in [-0.2, 0) is 9.53 Å². The summed E-state index contributed by atoms with van der Waals surface area (Å²) in [5.74, 6) is 0.137. The average molecular weight is 334 g/mol. The van der Waals surface area contributed by atoms with Crippen molar-refractivity contribution < 1.29 is 14.5 Å². The number of benzene rings is 1. The van der Waals surface area contributed by atoms with Crippen LogP contribution in [0.15, 0.2) is 24.3 Å². The lowest BCUT2D eigenvalue weighted by molar-refractivity contribution is -0.384. The van der Waals surface area contributed by atoms with Crippen molar-refractivity contribution in [2.45, 2.75) is 0 Å². The van der Waals surface area contributed by atoms with Crippen molar-refractivity contribution in [1.82, 2.24) is 9.80 Å². The lowest BCUT2D eigenvalue weighted by Gasteiger charge is -2.36. The summed E-state index contributed by atoms with van der Waals surface area (Å²) in [4.78, 5) is 29.1. The lowest BCUT2D eigenvalue weighted by Crippen LogP contribution is -2.51. The van der Waals surface area contributed by atoms with Gasteiger partial charge < -0.3 is 14.5 Å². The normalized spacial score (nSPS) is 19.3. The molecular weight excluding hydrogens is 312 g/mol. The fourth-order valence-electron chi connectivity index (χ4n) is 3.14. The minimum absolute atomic E-state index is 0.135. The monoisotopic (exact) mass is 334 g/mol.